The van der Waals surface area contributed by atoms with Crippen molar-refractivity contribution in [3.63, 3.8) is 0 Å². The van der Waals surface area contributed by atoms with Crippen LogP contribution in [0, 0.1) is 5.92 Å². The molecule has 0 aliphatic carbocycles. The van der Waals surface area contributed by atoms with Crippen molar-refractivity contribution < 1.29 is 23.8 Å². The minimum atomic E-state index is -0.503. The molecule has 0 unspecified atom stereocenters. The molecule has 1 heterocycles. The van der Waals surface area contributed by atoms with Gasteiger partial charge in [0.05, 0.1) is 0 Å². The molecule has 156 valence electrons. The number of benzene rings is 1. The number of carbonyl (C=O) groups is 1. The molecule has 1 amide bonds. The first-order valence-electron chi connectivity index (χ1n) is 9.66. The Hall–Kier alpha value is -1.89. The highest BCUT2D eigenvalue weighted by atomic mass is 32.2. The van der Waals surface area contributed by atoms with Gasteiger partial charge in [0.15, 0.2) is 12.7 Å². The van der Waals surface area contributed by atoms with Gasteiger partial charge in [0.25, 0.3) is 0 Å². The second kappa shape index (κ2) is 9.54. The van der Waals surface area contributed by atoms with Crippen molar-refractivity contribution in [2.24, 2.45) is 5.92 Å². The minimum Gasteiger partial charge on any atom is -0.489 e. The number of rotatable bonds is 6. The summed E-state index contributed by atoms with van der Waals surface area (Å²) in [5.74, 6) is 1.55. The van der Waals surface area contributed by atoms with E-state index < -0.39 is 5.60 Å². The molecule has 28 heavy (non-hydrogen) atoms. The summed E-state index contributed by atoms with van der Waals surface area (Å²) < 4.78 is 16.7. The lowest BCUT2D eigenvalue weighted by atomic mass is 10.0. The number of likely N-dealkylation sites (tertiary alicyclic amines) is 1. The van der Waals surface area contributed by atoms with Crippen molar-refractivity contribution in [2.75, 3.05) is 26.0 Å². The van der Waals surface area contributed by atoms with Gasteiger partial charge in [0.2, 0.25) is 0 Å². The highest BCUT2D eigenvalue weighted by Gasteiger charge is 2.34. The molecule has 1 aromatic carbocycles. The van der Waals surface area contributed by atoms with Crippen molar-refractivity contribution in [3.05, 3.63) is 23.8 Å². The number of methoxy groups -OCH3 is 1. The van der Waals surface area contributed by atoms with E-state index in [0.29, 0.717) is 24.4 Å². The lowest BCUT2D eigenvalue weighted by Crippen LogP contribution is -2.36. The van der Waals surface area contributed by atoms with E-state index in [2.05, 4.69) is 6.92 Å². The van der Waals surface area contributed by atoms with Crippen LogP contribution in [0.25, 0.3) is 0 Å². The highest BCUT2D eigenvalue weighted by Crippen LogP contribution is 2.31. The SMILES string of the molecule is CCSc1ccc(C(=[OH+])OC)c(O[C@H](C)[C@H]2CCN(C(=O)OC(C)(C)C)C2)c1. The number of ether oxygens (including phenoxy) is 3. The van der Waals surface area contributed by atoms with Crippen molar-refractivity contribution in [2.45, 2.75) is 57.6 Å². The Balaban J connectivity index is 2.08. The van der Waals surface area contributed by atoms with Crippen LogP contribution < -0.4 is 4.74 Å². The summed E-state index contributed by atoms with van der Waals surface area (Å²) in [6.45, 7) is 10.9. The molecule has 1 aliphatic rings. The van der Waals surface area contributed by atoms with Crippen LogP contribution in [0.4, 0.5) is 4.79 Å². The molecule has 0 bridgehead atoms. The third kappa shape index (κ3) is 6.06. The fourth-order valence-electron chi connectivity index (χ4n) is 3.10. The molecule has 6 nitrogen and oxygen atoms in total. The van der Waals surface area contributed by atoms with Gasteiger partial charge in [-0.25, -0.2) is 4.79 Å². The molecule has 0 spiro atoms. The summed E-state index contributed by atoms with van der Waals surface area (Å²) in [6.07, 6.45) is 0.436. The molecule has 2 atom stereocenters. The largest absolute Gasteiger partial charge is 0.521 e. The van der Waals surface area contributed by atoms with Gasteiger partial charge >= 0.3 is 12.1 Å². The number of carbonyl (C=O) groups excluding carboxylic acids is 2. The summed E-state index contributed by atoms with van der Waals surface area (Å²) in [5.41, 5.74) is 0.0219. The lowest BCUT2D eigenvalue weighted by molar-refractivity contribution is 0.0277. The van der Waals surface area contributed by atoms with E-state index in [-0.39, 0.29) is 24.1 Å². The van der Waals surface area contributed by atoms with Crippen molar-refractivity contribution >= 4 is 23.8 Å². The van der Waals surface area contributed by atoms with Gasteiger partial charge in [-0.3, -0.25) is 0 Å². The predicted molar refractivity (Wildman–Crippen MR) is 112 cm³/mol. The summed E-state index contributed by atoms with van der Waals surface area (Å²) in [4.78, 5) is 25.2. The predicted octanol–water partition coefficient (Wildman–Crippen LogP) is 4.32. The van der Waals surface area contributed by atoms with Crippen LogP contribution in [0.2, 0.25) is 0 Å². The highest BCUT2D eigenvalue weighted by molar-refractivity contribution is 7.99. The van der Waals surface area contributed by atoms with E-state index in [4.69, 9.17) is 14.2 Å². The maximum absolute atomic E-state index is 12.3. The molecule has 1 fully saturated rings. The standard InChI is InChI=1S/C21H31NO5S/c1-7-28-16-8-9-17(19(23)25-6)18(12-16)26-14(2)15-10-11-22(13-15)20(24)27-21(3,4)5/h8-9,12,14-15H,7,10-11,13H2,1-6H3/p+1/t14-,15+/m1/s1. The zero-order chi connectivity index (χ0) is 20.9. The Bertz CT molecular complexity index is 701. The number of hydrogen-bond donors (Lipinski definition) is 0. The normalized spacial score (nSPS) is 17.9. The topological polar surface area (TPSA) is 69.4 Å². The Morgan fingerprint density at radius 2 is 2.11 bits per heavy atom. The van der Waals surface area contributed by atoms with Gasteiger partial charge < -0.3 is 23.9 Å². The van der Waals surface area contributed by atoms with Crippen LogP contribution in [0.3, 0.4) is 0 Å². The number of esters is 1. The fourth-order valence-corrected chi connectivity index (χ4v) is 3.79. The average molecular weight is 411 g/mol. The van der Waals surface area contributed by atoms with Crippen molar-refractivity contribution in [3.8, 4) is 5.75 Å². The molecule has 0 radical (unpaired) electrons. The second-order valence-electron chi connectivity index (χ2n) is 7.90. The monoisotopic (exact) mass is 410 g/mol. The van der Waals surface area contributed by atoms with E-state index in [1.807, 2.05) is 39.8 Å². The van der Waals surface area contributed by atoms with Crippen LogP contribution in [-0.2, 0) is 9.47 Å². The average Bonchev–Trinajstić information content (AvgIpc) is 3.11. The molecule has 0 aromatic heterocycles. The Morgan fingerprint density at radius 1 is 1.39 bits per heavy atom. The molecule has 1 N–H and O–H groups in total. The van der Waals surface area contributed by atoms with Gasteiger partial charge in [-0.05, 0) is 58.1 Å². The first kappa shape index (κ1) is 22.4. The van der Waals surface area contributed by atoms with E-state index in [9.17, 15) is 9.59 Å². The van der Waals surface area contributed by atoms with E-state index >= 15 is 0 Å². The molecular weight excluding hydrogens is 378 g/mol. The summed E-state index contributed by atoms with van der Waals surface area (Å²) >= 11 is 1.71. The first-order valence-corrected chi connectivity index (χ1v) is 10.6. The molecule has 1 saturated heterocycles. The first-order chi connectivity index (χ1) is 13.1. The summed E-state index contributed by atoms with van der Waals surface area (Å²) in [7, 11) is 1.42. The van der Waals surface area contributed by atoms with Crippen LogP contribution in [0.1, 0.15) is 46.6 Å². The van der Waals surface area contributed by atoms with Gasteiger partial charge in [-0.15, -0.1) is 11.8 Å². The molecule has 2 rings (SSSR count). The molecular formula is C21H32NO5S+. The van der Waals surface area contributed by atoms with E-state index in [1.165, 1.54) is 7.11 Å². The Labute approximate surface area is 171 Å². The lowest BCUT2D eigenvalue weighted by Gasteiger charge is -2.25. The van der Waals surface area contributed by atoms with Crippen LogP contribution in [-0.4, -0.2) is 59.4 Å². The Morgan fingerprint density at radius 3 is 2.71 bits per heavy atom. The third-order valence-electron chi connectivity index (χ3n) is 4.54. The van der Waals surface area contributed by atoms with Crippen LogP contribution in [0.15, 0.2) is 23.1 Å². The number of thioether (sulfide) groups is 1. The summed E-state index contributed by atoms with van der Waals surface area (Å²) in [6, 6.07) is 5.67. The van der Waals surface area contributed by atoms with E-state index in [1.54, 1.807) is 22.7 Å². The maximum Gasteiger partial charge on any atom is 0.521 e. The third-order valence-corrected chi connectivity index (χ3v) is 5.42. The molecule has 7 heteroatoms. The zero-order valence-electron chi connectivity index (χ0n) is 17.7. The molecule has 0 saturated carbocycles. The van der Waals surface area contributed by atoms with Gasteiger partial charge in [0, 0.05) is 23.9 Å². The quantitative estimate of drug-likeness (QED) is 0.397. The zero-order valence-corrected chi connectivity index (χ0v) is 18.5. The van der Waals surface area contributed by atoms with Crippen molar-refractivity contribution in [1.29, 1.82) is 0 Å². The molecule has 1 aliphatic heterocycles. The van der Waals surface area contributed by atoms with Gasteiger partial charge in [-0.1, -0.05) is 6.92 Å². The molecule has 1 aromatic rings. The minimum absolute atomic E-state index is 0.127. The van der Waals surface area contributed by atoms with Crippen LogP contribution >= 0.6 is 11.8 Å². The Kier molecular flexibility index (Phi) is 7.63. The number of nitrogens with zero attached hydrogens (tertiary/aromatic N) is 1. The smallest absolute Gasteiger partial charge is 0.489 e. The summed E-state index contributed by atoms with van der Waals surface area (Å²) in [5, 5.41) is 0. The van der Waals surface area contributed by atoms with Gasteiger partial charge in [0.1, 0.15) is 17.5 Å². The van der Waals surface area contributed by atoms with Crippen LogP contribution in [0.5, 0.6) is 5.75 Å². The fraction of sp³-hybridized carbons (Fsp3) is 0.619. The number of hydrogen-bond acceptors (Lipinski definition) is 5. The van der Waals surface area contributed by atoms with Crippen molar-refractivity contribution in [1.82, 2.24) is 4.90 Å². The number of amides is 1. The van der Waals surface area contributed by atoms with Gasteiger partial charge in [-0.2, -0.15) is 0 Å². The second-order valence-corrected chi connectivity index (χ2v) is 9.24. The van der Waals surface area contributed by atoms with E-state index in [0.717, 1.165) is 17.1 Å². The maximum atomic E-state index is 12.3.